The van der Waals surface area contributed by atoms with Crippen molar-refractivity contribution < 1.29 is 0 Å². The van der Waals surface area contributed by atoms with Crippen molar-refractivity contribution in [2.24, 2.45) is 0 Å². The number of anilines is 3. The molecule has 6 heteroatoms. The van der Waals surface area contributed by atoms with Gasteiger partial charge in [-0.1, -0.05) is 11.6 Å². The molecule has 0 radical (unpaired) electrons. The van der Waals surface area contributed by atoms with Gasteiger partial charge in [-0.2, -0.15) is 0 Å². The van der Waals surface area contributed by atoms with Gasteiger partial charge in [-0.15, -0.1) is 0 Å². The van der Waals surface area contributed by atoms with Gasteiger partial charge in [0.15, 0.2) is 5.82 Å². The quantitative estimate of drug-likeness (QED) is 0.883. The highest BCUT2D eigenvalue weighted by Crippen LogP contribution is 2.26. The fourth-order valence-electron chi connectivity index (χ4n) is 2.54. The first-order valence-electron chi connectivity index (χ1n) is 6.80. The lowest BCUT2D eigenvalue weighted by Gasteiger charge is -2.37. The summed E-state index contributed by atoms with van der Waals surface area (Å²) in [7, 11) is 0. The van der Waals surface area contributed by atoms with Gasteiger partial charge in [-0.3, -0.25) is 0 Å². The van der Waals surface area contributed by atoms with Crippen molar-refractivity contribution in [2.45, 2.75) is 0 Å². The number of piperazine rings is 1. The van der Waals surface area contributed by atoms with Crippen molar-refractivity contribution in [3.8, 4) is 0 Å². The molecule has 0 bridgehead atoms. The molecular formula is C15H16BrClN4. The van der Waals surface area contributed by atoms with Gasteiger partial charge >= 0.3 is 0 Å². The van der Waals surface area contributed by atoms with Crippen LogP contribution in [-0.2, 0) is 0 Å². The Morgan fingerprint density at radius 1 is 1.05 bits per heavy atom. The standard InChI is InChI=1S/C15H16BrClN4/c16-11-9-14(18)15(19-10-11)21-7-5-20(6-8-21)13-3-1-12(17)2-4-13/h1-4,9-10H,5-8,18H2. The van der Waals surface area contributed by atoms with E-state index in [0.29, 0.717) is 5.69 Å². The molecule has 2 aromatic rings. The number of pyridine rings is 1. The number of benzene rings is 1. The van der Waals surface area contributed by atoms with Gasteiger partial charge < -0.3 is 15.5 Å². The Kier molecular flexibility index (Phi) is 4.22. The van der Waals surface area contributed by atoms with Crippen LogP contribution in [0.15, 0.2) is 41.0 Å². The molecule has 110 valence electrons. The molecule has 1 aliphatic heterocycles. The Morgan fingerprint density at radius 2 is 1.67 bits per heavy atom. The summed E-state index contributed by atoms with van der Waals surface area (Å²) >= 11 is 9.32. The maximum Gasteiger partial charge on any atom is 0.151 e. The second-order valence-corrected chi connectivity index (χ2v) is 6.37. The van der Waals surface area contributed by atoms with Crippen molar-refractivity contribution in [1.29, 1.82) is 0 Å². The van der Waals surface area contributed by atoms with Gasteiger partial charge in [-0.05, 0) is 46.3 Å². The Labute approximate surface area is 137 Å². The average molecular weight is 368 g/mol. The minimum absolute atomic E-state index is 0.712. The molecule has 0 spiro atoms. The summed E-state index contributed by atoms with van der Waals surface area (Å²) in [6, 6.07) is 9.87. The first kappa shape index (κ1) is 14.5. The number of nitrogens with zero attached hydrogens (tertiary/aromatic N) is 3. The highest BCUT2D eigenvalue weighted by molar-refractivity contribution is 9.10. The van der Waals surface area contributed by atoms with Crippen LogP contribution in [0.4, 0.5) is 17.2 Å². The van der Waals surface area contributed by atoms with E-state index in [0.717, 1.165) is 41.5 Å². The van der Waals surface area contributed by atoms with Crippen molar-refractivity contribution in [3.63, 3.8) is 0 Å². The molecule has 0 aliphatic carbocycles. The molecule has 0 amide bonds. The smallest absolute Gasteiger partial charge is 0.151 e. The van der Waals surface area contributed by atoms with Crippen molar-refractivity contribution in [1.82, 2.24) is 4.98 Å². The first-order valence-corrected chi connectivity index (χ1v) is 7.97. The zero-order valence-electron chi connectivity index (χ0n) is 11.5. The molecule has 0 unspecified atom stereocenters. The number of halogens is 2. The van der Waals surface area contributed by atoms with E-state index < -0.39 is 0 Å². The van der Waals surface area contributed by atoms with Gasteiger partial charge in [0.2, 0.25) is 0 Å². The van der Waals surface area contributed by atoms with E-state index in [2.05, 4.69) is 42.8 Å². The molecule has 21 heavy (non-hydrogen) atoms. The van der Waals surface area contributed by atoms with Gasteiger partial charge in [-0.25, -0.2) is 4.98 Å². The van der Waals surface area contributed by atoms with Crippen LogP contribution >= 0.6 is 27.5 Å². The van der Waals surface area contributed by atoms with Crippen LogP contribution in [0.5, 0.6) is 0 Å². The SMILES string of the molecule is Nc1cc(Br)cnc1N1CCN(c2ccc(Cl)cc2)CC1. The summed E-state index contributed by atoms with van der Waals surface area (Å²) in [5.41, 5.74) is 7.97. The maximum absolute atomic E-state index is 6.05. The molecule has 1 fully saturated rings. The number of rotatable bonds is 2. The first-order chi connectivity index (χ1) is 10.1. The molecule has 1 saturated heterocycles. The Balaban J connectivity index is 1.68. The second-order valence-electron chi connectivity index (χ2n) is 5.02. The summed E-state index contributed by atoms with van der Waals surface area (Å²) in [5, 5.41) is 0.768. The molecule has 0 atom stereocenters. The lowest BCUT2D eigenvalue weighted by atomic mass is 10.2. The van der Waals surface area contributed by atoms with Crippen molar-refractivity contribution in [2.75, 3.05) is 41.7 Å². The molecule has 1 aromatic heterocycles. The summed E-state index contributed by atoms with van der Waals surface area (Å²) in [5.74, 6) is 0.869. The molecule has 1 aliphatic rings. The van der Waals surface area contributed by atoms with E-state index in [1.165, 1.54) is 5.69 Å². The highest BCUT2D eigenvalue weighted by atomic mass is 79.9. The molecule has 1 aromatic carbocycles. The van der Waals surface area contributed by atoms with Crippen molar-refractivity contribution in [3.05, 3.63) is 46.0 Å². The fraction of sp³-hybridized carbons (Fsp3) is 0.267. The molecule has 2 heterocycles. The summed E-state index contributed by atoms with van der Waals surface area (Å²) in [6.45, 7) is 3.69. The number of hydrogen-bond acceptors (Lipinski definition) is 4. The lowest BCUT2D eigenvalue weighted by molar-refractivity contribution is 0.648. The Bertz CT molecular complexity index is 624. The zero-order chi connectivity index (χ0) is 14.8. The maximum atomic E-state index is 6.05. The predicted octanol–water partition coefficient (Wildman–Crippen LogP) is 3.41. The minimum Gasteiger partial charge on any atom is -0.396 e. The molecule has 3 rings (SSSR count). The van der Waals surface area contributed by atoms with E-state index in [-0.39, 0.29) is 0 Å². The summed E-state index contributed by atoms with van der Waals surface area (Å²) in [4.78, 5) is 9.01. The number of nitrogens with two attached hydrogens (primary N) is 1. The third-order valence-corrected chi connectivity index (χ3v) is 4.32. The van der Waals surface area contributed by atoms with Gasteiger partial charge in [0.05, 0.1) is 5.69 Å². The van der Waals surface area contributed by atoms with Gasteiger partial charge in [0, 0.05) is 47.6 Å². The van der Waals surface area contributed by atoms with Crippen LogP contribution in [0.3, 0.4) is 0 Å². The van der Waals surface area contributed by atoms with E-state index in [9.17, 15) is 0 Å². The highest BCUT2D eigenvalue weighted by Gasteiger charge is 2.19. The van der Waals surface area contributed by atoms with Crippen LogP contribution in [0.1, 0.15) is 0 Å². The summed E-state index contributed by atoms with van der Waals surface area (Å²) in [6.07, 6.45) is 1.79. The van der Waals surface area contributed by atoms with Gasteiger partial charge in [0.1, 0.15) is 0 Å². The molecule has 4 nitrogen and oxygen atoms in total. The largest absolute Gasteiger partial charge is 0.396 e. The van der Waals surface area contributed by atoms with E-state index >= 15 is 0 Å². The fourth-order valence-corrected chi connectivity index (χ4v) is 3.02. The summed E-state index contributed by atoms with van der Waals surface area (Å²) < 4.78 is 0.906. The minimum atomic E-state index is 0.712. The van der Waals surface area contributed by atoms with E-state index in [1.807, 2.05) is 18.2 Å². The predicted molar refractivity (Wildman–Crippen MR) is 92.2 cm³/mol. The normalized spacial score (nSPS) is 15.3. The zero-order valence-corrected chi connectivity index (χ0v) is 13.8. The monoisotopic (exact) mass is 366 g/mol. The number of nitrogen functional groups attached to an aromatic ring is 1. The topological polar surface area (TPSA) is 45.4 Å². The van der Waals surface area contributed by atoms with Crippen LogP contribution < -0.4 is 15.5 Å². The second kappa shape index (κ2) is 6.12. The third-order valence-electron chi connectivity index (χ3n) is 3.63. The van der Waals surface area contributed by atoms with Crippen molar-refractivity contribution >= 4 is 44.7 Å². The van der Waals surface area contributed by atoms with Crippen LogP contribution in [-0.4, -0.2) is 31.2 Å². The van der Waals surface area contributed by atoms with Crippen LogP contribution in [0.2, 0.25) is 5.02 Å². The van der Waals surface area contributed by atoms with E-state index in [1.54, 1.807) is 6.20 Å². The Morgan fingerprint density at radius 3 is 2.29 bits per heavy atom. The van der Waals surface area contributed by atoms with E-state index in [4.69, 9.17) is 17.3 Å². The lowest BCUT2D eigenvalue weighted by Crippen LogP contribution is -2.47. The molecule has 0 saturated carbocycles. The number of hydrogen-bond donors (Lipinski definition) is 1. The Hall–Kier alpha value is -1.46. The average Bonchev–Trinajstić information content (AvgIpc) is 2.48. The van der Waals surface area contributed by atoms with Crippen LogP contribution in [0.25, 0.3) is 0 Å². The van der Waals surface area contributed by atoms with Gasteiger partial charge in [0.25, 0.3) is 0 Å². The number of aromatic nitrogens is 1. The molecular weight excluding hydrogens is 352 g/mol. The molecule has 2 N–H and O–H groups in total. The third kappa shape index (κ3) is 3.24. The van der Waals surface area contributed by atoms with Crippen LogP contribution in [0, 0.1) is 0 Å².